The Bertz CT molecular complexity index is 246. The maximum Gasteiger partial charge on any atom is 0.264 e. The van der Waals surface area contributed by atoms with Crippen molar-refractivity contribution in [3.8, 4) is 0 Å². The Labute approximate surface area is 80.6 Å². The lowest BCUT2D eigenvalue weighted by molar-refractivity contribution is 0.218. The summed E-state index contributed by atoms with van der Waals surface area (Å²) in [5, 5.41) is 0. The van der Waals surface area contributed by atoms with Crippen molar-refractivity contribution in [2.24, 2.45) is 11.8 Å². The lowest BCUT2D eigenvalue weighted by Gasteiger charge is -2.16. The van der Waals surface area contributed by atoms with Crippen molar-refractivity contribution in [3.05, 3.63) is 0 Å². The van der Waals surface area contributed by atoms with Gasteiger partial charge in [0.05, 0.1) is 12.9 Å². The Kier molecular flexibility index (Phi) is 3.74. The van der Waals surface area contributed by atoms with Gasteiger partial charge in [-0.1, -0.05) is 26.2 Å². The highest BCUT2D eigenvalue weighted by atomic mass is 32.2. The molecule has 1 aliphatic rings. The molecule has 0 saturated heterocycles. The van der Waals surface area contributed by atoms with Crippen LogP contribution in [0.3, 0.4) is 0 Å². The van der Waals surface area contributed by atoms with Crippen LogP contribution >= 0.6 is 0 Å². The first-order chi connectivity index (χ1) is 6.03. The Morgan fingerprint density at radius 2 is 1.92 bits per heavy atom. The Balaban J connectivity index is 2.36. The third kappa shape index (κ3) is 3.65. The molecule has 1 fully saturated rings. The van der Waals surface area contributed by atoms with Gasteiger partial charge >= 0.3 is 0 Å². The van der Waals surface area contributed by atoms with Crippen LogP contribution in [0.1, 0.15) is 32.6 Å². The lowest BCUT2D eigenvalue weighted by atomic mass is 9.95. The summed E-state index contributed by atoms with van der Waals surface area (Å²) in [6, 6.07) is 0. The molecule has 2 atom stereocenters. The van der Waals surface area contributed by atoms with E-state index in [4.69, 9.17) is 4.18 Å². The van der Waals surface area contributed by atoms with Crippen molar-refractivity contribution in [3.63, 3.8) is 0 Å². The van der Waals surface area contributed by atoms with E-state index >= 15 is 0 Å². The number of rotatable bonds is 4. The largest absolute Gasteiger partial charge is 0.270 e. The van der Waals surface area contributed by atoms with E-state index in [0.717, 1.165) is 19.1 Å². The molecular formula is C9H18O3S. The zero-order chi connectivity index (χ0) is 9.90. The van der Waals surface area contributed by atoms with Gasteiger partial charge < -0.3 is 0 Å². The highest BCUT2D eigenvalue weighted by Crippen LogP contribution is 2.34. The molecule has 0 unspecified atom stereocenters. The maximum absolute atomic E-state index is 10.8. The molecule has 0 heterocycles. The van der Waals surface area contributed by atoms with Gasteiger partial charge in [-0.25, -0.2) is 0 Å². The molecule has 1 saturated carbocycles. The first kappa shape index (κ1) is 11.0. The molecule has 0 aromatic heterocycles. The second-order valence-corrected chi connectivity index (χ2v) is 5.49. The van der Waals surface area contributed by atoms with Crippen molar-refractivity contribution < 1.29 is 12.6 Å². The van der Waals surface area contributed by atoms with E-state index in [1.165, 1.54) is 12.8 Å². The Morgan fingerprint density at radius 3 is 2.46 bits per heavy atom. The van der Waals surface area contributed by atoms with Crippen molar-refractivity contribution in [2.75, 3.05) is 12.9 Å². The minimum absolute atomic E-state index is 0.386. The van der Waals surface area contributed by atoms with Crippen molar-refractivity contribution >= 4 is 10.1 Å². The fraction of sp³-hybridized carbons (Fsp3) is 1.00. The van der Waals surface area contributed by atoms with Crippen LogP contribution < -0.4 is 0 Å². The summed E-state index contributed by atoms with van der Waals surface area (Å²) < 4.78 is 26.3. The standard InChI is InChI=1S/C9H18O3S/c1-3-8-5-4-6-9(8)7-12-13(2,10)11/h8-9H,3-7H2,1-2H3/t8-,9+/m0/s1. The topological polar surface area (TPSA) is 43.4 Å². The van der Waals surface area contributed by atoms with Crippen LogP contribution in [0.2, 0.25) is 0 Å². The zero-order valence-corrected chi connectivity index (χ0v) is 9.14. The monoisotopic (exact) mass is 206 g/mol. The molecule has 0 aliphatic heterocycles. The van der Waals surface area contributed by atoms with Gasteiger partial charge in [-0.15, -0.1) is 0 Å². The van der Waals surface area contributed by atoms with Crippen molar-refractivity contribution in [1.29, 1.82) is 0 Å². The van der Waals surface area contributed by atoms with Gasteiger partial charge in [0.2, 0.25) is 0 Å². The van der Waals surface area contributed by atoms with Gasteiger partial charge in [-0.2, -0.15) is 8.42 Å². The van der Waals surface area contributed by atoms with Crippen LogP contribution in [0.5, 0.6) is 0 Å². The molecule has 0 aromatic carbocycles. The summed E-state index contributed by atoms with van der Waals surface area (Å²) >= 11 is 0. The van der Waals surface area contributed by atoms with Crippen LogP contribution in [0, 0.1) is 11.8 Å². The molecule has 4 heteroatoms. The molecule has 0 amide bonds. The molecule has 78 valence electrons. The second kappa shape index (κ2) is 4.42. The molecule has 1 rings (SSSR count). The van der Waals surface area contributed by atoms with E-state index in [2.05, 4.69) is 6.92 Å². The maximum atomic E-state index is 10.8. The smallest absolute Gasteiger partial charge is 0.264 e. The van der Waals surface area contributed by atoms with E-state index in [1.54, 1.807) is 0 Å². The first-order valence-electron chi connectivity index (χ1n) is 4.87. The highest BCUT2D eigenvalue weighted by Gasteiger charge is 2.26. The minimum Gasteiger partial charge on any atom is -0.270 e. The van der Waals surface area contributed by atoms with E-state index in [0.29, 0.717) is 18.4 Å². The first-order valence-corrected chi connectivity index (χ1v) is 6.69. The molecule has 0 N–H and O–H groups in total. The summed E-state index contributed by atoms with van der Waals surface area (Å²) in [5.41, 5.74) is 0. The summed E-state index contributed by atoms with van der Waals surface area (Å²) in [4.78, 5) is 0. The van der Waals surface area contributed by atoms with Gasteiger partial charge in [0.15, 0.2) is 0 Å². The predicted octanol–water partition coefficient (Wildman–Crippen LogP) is 1.79. The molecule has 1 aliphatic carbocycles. The predicted molar refractivity (Wildman–Crippen MR) is 51.9 cm³/mol. The van der Waals surface area contributed by atoms with E-state index in [9.17, 15) is 8.42 Å². The molecule has 0 bridgehead atoms. The summed E-state index contributed by atoms with van der Waals surface area (Å²) in [6.07, 6.45) is 5.82. The van der Waals surface area contributed by atoms with Gasteiger partial charge in [-0.3, -0.25) is 4.18 Å². The van der Waals surface area contributed by atoms with Crippen molar-refractivity contribution in [1.82, 2.24) is 0 Å². The quantitative estimate of drug-likeness (QED) is 0.659. The molecule has 0 radical (unpaired) electrons. The fourth-order valence-electron chi connectivity index (χ4n) is 2.08. The summed E-state index contributed by atoms with van der Waals surface area (Å²) in [7, 11) is -3.24. The normalized spacial score (nSPS) is 29.4. The van der Waals surface area contributed by atoms with E-state index < -0.39 is 10.1 Å². The SMILES string of the molecule is CC[C@H]1CCC[C@@H]1COS(C)(=O)=O. The molecule has 0 spiro atoms. The van der Waals surface area contributed by atoms with Crippen LogP contribution in [0.4, 0.5) is 0 Å². The Morgan fingerprint density at radius 1 is 1.31 bits per heavy atom. The zero-order valence-electron chi connectivity index (χ0n) is 8.32. The summed E-state index contributed by atoms with van der Waals surface area (Å²) in [6.45, 7) is 2.54. The average molecular weight is 206 g/mol. The third-order valence-corrected chi connectivity index (χ3v) is 3.40. The van der Waals surface area contributed by atoms with Gasteiger partial charge in [0, 0.05) is 0 Å². The van der Waals surface area contributed by atoms with Gasteiger partial charge in [0.25, 0.3) is 10.1 Å². The van der Waals surface area contributed by atoms with E-state index in [-0.39, 0.29) is 0 Å². The third-order valence-electron chi connectivity index (χ3n) is 2.84. The van der Waals surface area contributed by atoms with Crippen LogP contribution in [-0.4, -0.2) is 21.3 Å². The fourth-order valence-corrected chi connectivity index (χ4v) is 2.50. The van der Waals surface area contributed by atoms with Gasteiger partial charge in [-0.05, 0) is 18.3 Å². The van der Waals surface area contributed by atoms with Crippen molar-refractivity contribution in [2.45, 2.75) is 32.6 Å². The number of hydrogen-bond acceptors (Lipinski definition) is 3. The van der Waals surface area contributed by atoms with E-state index in [1.807, 2.05) is 0 Å². The van der Waals surface area contributed by atoms with Gasteiger partial charge in [0.1, 0.15) is 0 Å². The molecular weight excluding hydrogens is 188 g/mol. The number of hydrogen-bond donors (Lipinski definition) is 0. The molecule has 3 nitrogen and oxygen atoms in total. The van der Waals surface area contributed by atoms with Crippen LogP contribution in [-0.2, 0) is 14.3 Å². The second-order valence-electron chi connectivity index (χ2n) is 3.85. The van der Waals surface area contributed by atoms with Crippen LogP contribution in [0.25, 0.3) is 0 Å². The Hall–Kier alpha value is -0.0900. The average Bonchev–Trinajstić information content (AvgIpc) is 2.46. The molecule has 13 heavy (non-hydrogen) atoms. The highest BCUT2D eigenvalue weighted by molar-refractivity contribution is 7.85. The van der Waals surface area contributed by atoms with Crippen LogP contribution in [0.15, 0.2) is 0 Å². The molecule has 0 aromatic rings. The summed E-state index contributed by atoms with van der Waals surface area (Å²) in [5.74, 6) is 1.13. The minimum atomic E-state index is -3.24. The lowest BCUT2D eigenvalue weighted by Crippen LogP contribution is -2.16.